The smallest absolute Gasteiger partial charge is 0.263 e. The van der Waals surface area contributed by atoms with E-state index in [1.807, 2.05) is 0 Å². The summed E-state index contributed by atoms with van der Waals surface area (Å²) in [7, 11) is -3.60. The van der Waals surface area contributed by atoms with Crippen molar-refractivity contribution in [2.45, 2.75) is 25.0 Å². The second-order valence-corrected chi connectivity index (χ2v) is 6.96. The monoisotopic (exact) mass is 283 g/mol. The molecular formula is C11H13N3O2S2. The van der Waals surface area contributed by atoms with Crippen molar-refractivity contribution >= 4 is 27.2 Å². The molecule has 0 saturated heterocycles. The van der Waals surface area contributed by atoms with Crippen LogP contribution in [0.25, 0.3) is 0 Å². The van der Waals surface area contributed by atoms with E-state index in [1.54, 1.807) is 39.0 Å². The first-order chi connectivity index (χ1) is 8.38. The van der Waals surface area contributed by atoms with Crippen LogP contribution in [0.1, 0.15) is 16.4 Å². The van der Waals surface area contributed by atoms with Gasteiger partial charge in [0.15, 0.2) is 4.21 Å². The molecule has 2 rings (SSSR count). The lowest BCUT2D eigenvalue weighted by Crippen LogP contribution is -2.13. The van der Waals surface area contributed by atoms with E-state index in [0.717, 1.165) is 22.0 Å². The average molecular weight is 283 g/mol. The summed E-state index contributed by atoms with van der Waals surface area (Å²) in [4.78, 5) is 8.23. The molecule has 0 atom stereocenters. The van der Waals surface area contributed by atoms with Crippen molar-refractivity contribution in [1.82, 2.24) is 9.97 Å². The molecule has 0 spiro atoms. The largest absolute Gasteiger partial charge is 0.274 e. The fourth-order valence-electron chi connectivity index (χ4n) is 1.55. The van der Waals surface area contributed by atoms with Crippen molar-refractivity contribution in [3.8, 4) is 0 Å². The van der Waals surface area contributed by atoms with Crippen LogP contribution in [-0.4, -0.2) is 18.4 Å². The Balaban J connectivity index is 2.36. The van der Waals surface area contributed by atoms with E-state index in [4.69, 9.17) is 0 Å². The van der Waals surface area contributed by atoms with E-state index in [0.29, 0.717) is 11.5 Å². The fourth-order valence-corrected chi connectivity index (χ4v) is 4.03. The van der Waals surface area contributed by atoms with Gasteiger partial charge in [-0.1, -0.05) is 6.07 Å². The Kier molecular flexibility index (Phi) is 3.36. The summed E-state index contributed by atoms with van der Waals surface area (Å²) in [6, 6.07) is 5.18. The zero-order valence-corrected chi connectivity index (χ0v) is 11.9. The third-order valence-electron chi connectivity index (χ3n) is 2.23. The van der Waals surface area contributed by atoms with Crippen LogP contribution in [0.4, 0.5) is 5.82 Å². The highest BCUT2D eigenvalue weighted by Gasteiger charge is 2.21. The SMILES string of the molecule is Cc1cccc(NS(=O)(=O)c2sc(C)nc2C)n1. The molecular weight excluding hydrogens is 270 g/mol. The van der Waals surface area contributed by atoms with Gasteiger partial charge >= 0.3 is 0 Å². The fraction of sp³-hybridized carbons (Fsp3) is 0.273. The predicted octanol–water partition coefficient (Wildman–Crippen LogP) is 2.26. The van der Waals surface area contributed by atoms with Gasteiger partial charge in [0, 0.05) is 5.69 Å². The molecule has 0 aromatic carbocycles. The van der Waals surface area contributed by atoms with Crippen LogP contribution in [0.5, 0.6) is 0 Å². The molecule has 0 unspecified atom stereocenters. The Morgan fingerprint density at radius 2 is 1.89 bits per heavy atom. The Bertz CT molecular complexity index is 677. The predicted molar refractivity (Wildman–Crippen MR) is 71.4 cm³/mol. The minimum atomic E-state index is -3.60. The minimum Gasteiger partial charge on any atom is -0.263 e. The maximum absolute atomic E-state index is 12.2. The maximum Gasteiger partial charge on any atom is 0.274 e. The molecule has 96 valence electrons. The number of aromatic nitrogens is 2. The quantitative estimate of drug-likeness (QED) is 0.938. The number of aryl methyl sites for hydroxylation is 3. The third kappa shape index (κ3) is 2.68. The van der Waals surface area contributed by atoms with Gasteiger partial charge in [-0.2, -0.15) is 0 Å². The highest BCUT2D eigenvalue weighted by atomic mass is 32.2. The molecule has 0 saturated carbocycles. The normalized spacial score (nSPS) is 11.5. The summed E-state index contributed by atoms with van der Waals surface area (Å²) in [5.74, 6) is 0.320. The zero-order valence-electron chi connectivity index (χ0n) is 10.3. The van der Waals surface area contributed by atoms with Gasteiger partial charge in [-0.25, -0.2) is 18.4 Å². The third-order valence-corrected chi connectivity index (χ3v) is 5.27. The van der Waals surface area contributed by atoms with Gasteiger partial charge in [-0.15, -0.1) is 11.3 Å². The van der Waals surface area contributed by atoms with Crippen molar-refractivity contribution in [2.75, 3.05) is 4.72 Å². The van der Waals surface area contributed by atoms with Crippen LogP contribution in [0.3, 0.4) is 0 Å². The Hall–Kier alpha value is -1.47. The number of nitrogens with one attached hydrogen (secondary N) is 1. The standard InChI is InChI=1S/C11H13N3O2S2/c1-7-5-4-6-10(12-7)14-18(15,16)11-8(2)13-9(3)17-11/h4-6H,1-3H3,(H,12,14). The summed E-state index contributed by atoms with van der Waals surface area (Å²) in [5.41, 5.74) is 1.27. The number of sulfonamides is 1. The van der Waals surface area contributed by atoms with Gasteiger partial charge in [0.1, 0.15) is 5.82 Å². The molecule has 7 heteroatoms. The lowest BCUT2D eigenvalue weighted by molar-refractivity contribution is 0.602. The van der Waals surface area contributed by atoms with Crippen LogP contribution in [0.2, 0.25) is 0 Å². The van der Waals surface area contributed by atoms with Crippen LogP contribution in [0.15, 0.2) is 22.4 Å². The highest BCUT2D eigenvalue weighted by molar-refractivity contribution is 7.94. The molecule has 0 radical (unpaired) electrons. The number of pyridine rings is 1. The van der Waals surface area contributed by atoms with Crippen molar-refractivity contribution in [3.05, 3.63) is 34.6 Å². The van der Waals surface area contributed by atoms with Gasteiger partial charge in [0.25, 0.3) is 10.0 Å². The molecule has 0 aliphatic heterocycles. The Morgan fingerprint density at radius 3 is 2.44 bits per heavy atom. The second-order valence-electron chi connectivity index (χ2n) is 3.88. The molecule has 0 bridgehead atoms. The topological polar surface area (TPSA) is 72.0 Å². The molecule has 2 aromatic rings. The van der Waals surface area contributed by atoms with Crippen LogP contribution >= 0.6 is 11.3 Å². The summed E-state index contributed by atoms with van der Waals surface area (Å²) >= 11 is 1.16. The number of hydrogen-bond acceptors (Lipinski definition) is 5. The zero-order chi connectivity index (χ0) is 13.3. The van der Waals surface area contributed by atoms with E-state index >= 15 is 0 Å². The molecule has 0 aliphatic carbocycles. The van der Waals surface area contributed by atoms with Crippen LogP contribution in [0, 0.1) is 20.8 Å². The number of nitrogens with zero attached hydrogens (tertiary/aromatic N) is 2. The molecule has 0 aliphatic rings. The molecule has 18 heavy (non-hydrogen) atoms. The first-order valence-corrected chi connectivity index (χ1v) is 7.59. The molecule has 2 aromatic heterocycles. The second kappa shape index (κ2) is 4.66. The summed E-state index contributed by atoms with van der Waals surface area (Å²) in [6.07, 6.45) is 0. The lowest BCUT2D eigenvalue weighted by atomic mass is 10.4. The van der Waals surface area contributed by atoms with E-state index < -0.39 is 10.0 Å². The number of rotatable bonds is 3. The van der Waals surface area contributed by atoms with Crippen molar-refractivity contribution in [3.63, 3.8) is 0 Å². The average Bonchev–Trinajstić information content (AvgIpc) is 2.58. The summed E-state index contributed by atoms with van der Waals surface area (Å²) < 4.78 is 27.0. The van der Waals surface area contributed by atoms with Crippen molar-refractivity contribution in [1.29, 1.82) is 0 Å². The molecule has 0 amide bonds. The minimum absolute atomic E-state index is 0.239. The molecule has 0 fully saturated rings. The van der Waals surface area contributed by atoms with Gasteiger partial charge in [0.2, 0.25) is 0 Å². The van der Waals surface area contributed by atoms with Gasteiger partial charge < -0.3 is 0 Å². The summed E-state index contributed by atoms with van der Waals surface area (Å²) in [6.45, 7) is 5.27. The van der Waals surface area contributed by atoms with E-state index in [-0.39, 0.29) is 4.21 Å². The molecule has 1 N–H and O–H groups in total. The van der Waals surface area contributed by atoms with Gasteiger partial charge in [-0.3, -0.25) is 4.72 Å². The molecule has 5 nitrogen and oxygen atoms in total. The Labute approximate surface area is 110 Å². The maximum atomic E-state index is 12.2. The van der Waals surface area contributed by atoms with Gasteiger partial charge in [0.05, 0.1) is 10.7 Å². The van der Waals surface area contributed by atoms with Crippen LogP contribution in [-0.2, 0) is 10.0 Å². The van der Waals surface area contributed by atoms with E-state index in [1.165, 1.54) is 0 Å². The van der Waals surface area contributed by atoms with E-state index in [2.05, 4.69) is 14.7 Å². The van der Waals surface area contributed by atoms with Crippen molar-refractivity contribution in [2.24, 2.45) is 0 Å². The van der Waals surface area contributed by atoms with Gasteiger partial charge in [-0.05, 0) is 32.9 Å². The molecule has 2 heterocycles. The number of hydrogen-bond donors (Lipinski definition) is 1. The Morgan fingerprint density at radius 1 is 1.17 bits per heavy atom. The van der Waals surface area contributed by atoms with Crippen molar-refractivity contribution < 1.29 is 8.42 Å². The van der Waals surface area contributed by atoms with Crippen LogP contribution < -0.4 is 4.72 Å². The first-order valence-electron chi connectivity index (χ1n) is 5.29. The first kappa shape index (κ1) is 13.0. The summed E-state index contributed by atoms with van der Waals surface area (Å²) in [5, 5.41) is 0.727. The highest BCUT2D eigenvalue weighted by Crippen LogP contribution is 2.24. The lowest BCUT2D eigenvalue weighted by Gasteiger charge is -2.06. The number of thiazole rings is 1. The number of anilines is 1. The van der Waals surface area contributed by atoms with E-state index in [9.17, 15) is 8.42 Å².